The first-order chi connectivity index (χ1) is 12.7. The fraction of sp³-hybridized carbons (Fsp3) is 0.667. The average Bonchev–Trinajstić information content (AvgIpc) is 2.93. The molecule has 1 aromatic carbocycles. The zero-order chi connectivity index (χ0) is 18.2. The van der Waals surface area contributed by atoms with Crippen molar-refractivity contribution >= 4 is 5.91 Å². The van der Waals surface area contributed by atoms with Crippen LogP contribution in [0.25, 0.3) is 0 Å². The van der Waals surface area contributed by atoms with Crippen LogP contribution in [0.5, 0.6) is 0 Å². The Labute approximate surface area is 157 Å². The van der Waals surface area contributed by atoms with E-state index in [1.54, 1.807) is 0 Å². The predicted octanol–water partition coefficient (Wildman–Crippen LogP) is 2.70. The third-order valence-corrected chi connectivity index (χ3v) is 5.30. The minimum Gasteiger partial charge on any atom is -0.376 e. The van der Waals surface area contributed by atoms with Gasteiger partial charge in [-0.15, -0.1) is 0 Å². The molecular weight excluding hydrogens is 328 g/mol. The quantitative estimate of drug-likeness (QED) is 0.782. The van der Waals surface area contributed by atoms with Gasteiger partial charge in [0.25, 0.3) is 5.91 Å². The second kappa shape index (κ2) is 10.0. The molecule has 144 valence electrons. The Bertz CT molecular complexity index is 545. The van der Waals surface area contributed by atoms with Crippen molar-refractivity contribution in [3.05, 3.63) is 35.9 Å². The lowest BCUT2D eigenvalue weighted by Gasteiger charge is -2.27. The zero-order valence-corrected chi connectivity index (χ0v) is 15.9. The van der Waals surface area contributed by atoms with E-state index in [-0.39, 0.29) is 18.1 Å². The second-order valence-corrected chi connectivity index (χ2v) is 7.40. The molecule has 2 aliphatic heterocycles. The van der Waals surface area contributed by atoms with Crippen molar-refractivity contribution in [1.82, 2.24) is 9.80 Å². The van der Waals surface area contributed by atoms with Gasteiger partial charge in [-0.3, -0.25) is 9.69 Å². The molecule has 2 fully saturated rings. The first kappa shape index (κ1) is 19.3. The normalized spacial score (nSPS) is 23.4. The van der Waals surface area contributed by atoms with Crippen molar-refractivity contribution in [2.24, 2.45) is 0 Å². The summed E-state index contributed by atoms with van der Waals surface area (Å²) in [5, 5.41) is 0. The first-order valence-electron chi connectivity index (χ1n) is 10.0. The van der Waals surface area contributed by atoms with Crippen LogP contribution in [0.1, 0.15) is 38.2 Å². The van der Waals surface area contributed by atoms with Gasteiger partial charge >= 0.3 is 0 Å². The van der Waals surface area contributed by atoms with E-state index in [4.69, 9.17) is 9.47 Å². The minimum atomic E-state index is -0.388. The van der Waals surface area contributed by atoms with E-state index in [2.05, 4.69) is 29.2 Å². The van der Waals surface area contributed by atoms with E-state index in [0.29, 0.717) is 6.61 Å². The van der Waals surface area contributed by atoms with Crippen molar-refractivity contribution in [3.63, 3.8) is 0 Å². The topological polar surface area (TPSA) is 42.0 Å². The van der Waals surface area contributed by atoms with Gasteiger partial charge in [-0.1, -0.05) is 30.3 Å². The molecule has 0 unspecified atom stereocenters. The lowest BCUT2D eigenvalue weighted by molar-refractivity contribution is -0.146. The molecule has 1 aromatic rings. The number of amides is 1. The predicted molar refractivity (Wildman–Crippen MR) is 102 cm³/mol. The number of ether oxygens (including phenoxy) is 2. The highest BCUT2D eigenvalue weighted by atomic mass is 16.5. The Morgan fingerprint density at radius 2 is 2.00 bits per heavy atom. The largest absolute Gasteiger partial charge is 0.376 e. The van der Waals surface area contributed by atoms with Crippen molar-refractivity contribution in [1.29, 1.82) is 0 Å². The molecule has 2 heterocycles. The fourth-order valence-corrected chi connectivity index (χ4v) is 3.71. The van der Waals surface area contributed by atoms with E-state index in [0.717, 1.165) is 58.6 Å². The number of benzene rings is 1. The number of carbonyl (C=O) groups excluding carboxylic acids is 1. The Morgan fingerprint density at radius 1 is 1.15 bits per heavy atom. The molecule has 5 nitrogen and oxygen atoms in total. The minimum absolute atomic E-state index is 0.113. The van der Waals surface area contributed by atoms with E-state index < -0.39 is 0 Å². The van der Waals surface area contributed by atoms with Crippen LogP contribution in [0.4, 0.5) is 0 Å². The van der Waals surface area contributed by atoms with Crippen LogP contribution in [0.3, 0.4) is 0 Å². The van der Waals surface area contributed by atoms with Gasteiger partial charge < -0.3 is 14.4 Å². The number of nitrogens with zero attached hydrogens (tertiary/aromatic N) is 2. The summed E-state index contributed by atoms with van der Waals surface area (Å²) in [4.78, 5) is 17.1. The lowest BCUT2D eigenvalue weighted by atomic mass is 10.1. The Hall–Kier alpha value is -1.43. The average molecular weight is 360 g/mol. The maximum Gasteiger partial charge on any atom is 0.251 e. The molecule has 0 spiro atoms. The highest BCUT2D eigenvalue weighted by Gasteiger charge is 2.25. The summed E-state index contributed by atoms with van der Waals surface area (Å²) in [5.74, 6) is 0.113. The maximum absolute atomic E-state index is 12.7. The molecule has 2 atom stereocenters. The van der Waals surface area contributed by atoms with E-state index in [9.17, 15) is 4.79 Å². The van der Waals surface area contributed by atoms with Gasteiger partial charge in [0.1, 0.15) is 6.10 Å². The van der Waals surface area contributed by atoms with E-state index in [1.807, 2.05) is 17.9 Å². The van der Waals surface area contributed by atoms with Gasteiger partial charge in [0.15, 0.2) is 0 Å². The van der Waals surface area contributed by atoms with Crippen LogP contribution < -0.4 is 0 Å². The van der Waals surface area contributed by atoms with E-state index in [1.165, 1.54) is 12.0 Å². The Kier molecular flexibility index (Phi) is 7.47. The Balaban J connectivity index is 1.42. The van der Waals surface area contributed by atoms with Gasteiger partial charge in [-0.25, -0.2) is 0 Å². The highest BCUT2D eigenvalue weighted by molar-refractivity contribution is 5.80. The fourth-order valence-electron chi connectivity index (χ4n) is 3.71. The van der Waals surface area contributed by atoms with Crippen molar-refractivity contribution < 1.29 is 14.3 Å². The first-order valence-corrected chi connectivity index (χ1v) is 10.0. The number of hydrogen-bond donors (Lipinski definition) is 0. The summed E-state index contributed by atoms with van der Waals surface area (Å²) in [6.07, 6.45) is 4.15. The summed E-state index contributed by atoms with van der Waals surface area (Å²) in [6, 6.07) is 10.5. The molecule has 0 aromatic heterocycles. The van der Waals surface area contributed by atoms with Crippen LogP contribution in [-0.2, 0) is 20.8 Å². The third kappa shape index (κ3) is 5.79. The summed E-state index contributed by atoms with van der Waals surface area (Å²) >= 11 is 0. The van der Waals surface area contributed by atoms with Crippen LogP contribution in [0.2, 0.25) is 0 Å². The van der Waals surface area contributed by atoms with Gasteiger partial charge in [-0.05, 0) is 38.2 Å². The van der Waals surface area contributed by atoms with Gasteiger partial charge in [0.2, 0.25) is 0 Å². The molecule has 3 rings (SSSR count). The van der Waals surface area contributed by atoms with Gasteiger partial charge in [0.05, 0.1) is 12.7 Å². The number of rotatable bonds is 6. The lowest BCUT2D eigenvalue weighted by Crippen LogP contribution is -2.42. The van der Waals surface area contributed by atoms with Gasteiger partial charge in [-0.2, -0.15) is 0 Å². The van der Waals surface area contributed by atoms with Crippen LogP contribution >= 0.6 is 0 Å². The summed E-state index contributed by atoms with van der Waals surface area (Å²) in [7, 11) is 0. The van der Waals surface area contributed by atoms with Crippen molar-refractivity contribution in [2.75, 3.05) is 39.4 Å². The summed E-state index contributed by atoms with van der Waals surface area (Å²) < 4.78 is 11.5. The second-order valence-electron chi connectivity index (χ2n) is 7.40. The summed E-state index contributed by atoms with van der Waals surface area (Å²) in [5.41, 5.74) is 1.33. The molecule has 0 aliphatic carbocycles. The zero-order valence-electron chi connectivity index (χ0n) is 15.9. The van der Waals surface area contributed by atoms with Crippen LogP contribution in [0.15, 0.2) is 30.3 Å². The maximum atomic E-state index is 12.7. The van der Waals surface area contributed by atoms with Crippen molar-refractivity contribution in [3.8, 4) is 0 Å². The number of carbonyl (C=O) groups is 1. The highest BCUT2D eigenvalue weighted by Crippen LogP contribution is 2.15. The molecule has 26 heavy (non-hydrogen) atoms. The number of hydrogen-bond acceptors (Lipinski definition) is 4. The molecule has 0 bridgehead atoms. The van der Waals surface area contributed by atoms with Crippen LogP contribution in [0, 0.1) is 0 Å². The Morgan fingerprint density at radius 3 is 2.77 bits per heavy atom. The molecule has 2 saturated heterocycles. The third-order valence-electron chi connectivity index (χ3n) is 5.30. The molecule has 0 radical (unpaired) electrons. The van der Waals surface area contributed by atoms with E-state index >= 15 is 0 Å². The molecule has 1 amide bonds. The summed E-state index contributed by atoms with van der Waals surface area (Å²) in [6.45, 7) is 7.71. The molecule has 0 N–H and O–H groups in total. The molecule has 5 heteroatoms. The smallest absolute Gasteiger partial charge is 0.251 e. The van der Waals surface area contributed by atoms with Crippen molar-refractivity contribution in [2.45, 2.75) is 51.4 Å². The van der Waals surface area contributed by atoms with Gasteiger partial charge in [0, 0.05) is 39.3 Å². The monoisotopic (exact) mass is 360 g/mol. The molecule has 0 saturated carbocycles. The SMILES string of the molecule is C[C@H](OC[C@H]1CCCCO1)C(=O)N1CCCN(Cc2ccccc2)CC1. The molecular formula is C21H32N2O3. The standard InChI is InChI=1S/C21H32N2O3/c1-18(26-17-20-10-5-6-15-25-20)21(24)23-12-7-11-22(13-14-23)16-19-8-3-2-4-9-19/h2-4,8-9,18,20H,5-7,10-17H2,1H3/t18-,20+/m0/s1. The van der Waals surface area contributed by atoms with Crippen LogP contribution in [-0.4, -0.2) is 67.3 Å². The molecule has 2 aliphatic rings.